The predicted molar refractivity (Wildman–Crippen MR) is 72.5 cm³/mol. The lowest BCUT2D eigenvalue weighted by Gasteiger charge is -2.31. The van der Waals surface area contributed by atoms with Crippen molar-refractivity contribution in [1.29, 1.82) is 0 Å². The van der Waals surface area contributed by atoms with Crippen molar-refractivity contribution in [2.75, 3.05) is 41.4 Å². The maximum atomic E-state index is 5.88. The lowest BCUT2D eigenvalue weighted by molar-refractivity contribution is -0.0131. The Labute approximate surface area is 107 Å². The van der Waals surface area contributed by atoms with E-state index in [-0.39, 0.29) is 12.2 Å². The molecule has 0 heterocycles. The highest BCUT2D eigenvalue weighted by atomic mass is 16.5. The SMILES string of the molecule is CNCCCO[C@@H](C)C(CC(C)OC)N(C)C. The van der Waals surface area contributed by atoms with Gasteiger partial charge >= 0.3 is 0 Å². The van der Waals surface area contributed by atoms with Gasteiger partial charge in [-0.2, -0.15) is 0 Å². The van der Waals surface area contributed by atoms with Crippen molar-refractivity contribution in [2.24, 2.45) is 0 Å². The summed E-state index contributed by atoms with van der Waals surface area (Å²) in [4.78, 5) is 2.22. The average molecular weight is 246 g/mol. The number of hydrogen-bond donors (Lipinski definition) is 1. The standard InChI is InChI=1S/C13H30N2O2/c1-11(16-6)10-13(15(4)5)12(2)17-9-7-8-14-3/h11-14H,7-10H2,1-6H3/t11?,12-,13?/m0/s1. The molecule has 0 spiro atoms. The molecule has 0 bridgehead atoms. The summed E-state index contributed by atoms with van der Waals surface area (Å²) in [7, 11) is 7.92. The molecule has 0 aromatic carbocycles. The highest BCUT2D eigenvalue weighted by molar-refractivity contribution is 4.76. The van der Waals surface area contributed by atoms with E-state index in [1.54, 1.807) is 7.11 Å². The van der Waals surface area contributed by atoms with Crippen LogP contribution in [0, 0.1) is 0 Å². The Hall–Kier alpha value is -0.160. The summed E-state index contributed by atoms with van der Waals surface area (Å²) in [5.74, 6) is 0. The normalized spacial score (nSPS) is 17.1. The molecular formula is C13H30N2O2. The number of nitrogens with zero attached hydrogens (tertiary/aromatic N) is 1. The van der Waals surface area contributed by atoms with Crippen molar-refractivity contribution < 1.29 is 9.47 Å². The summed E-state index contributed by atoms with van der Waals surface area (Å²) < 4.78 is 11.2. The van der Waals surface area contributed by atoms with Crippen LogP contribution in [0.15, 0.2) is 0 Å². The van der Waals surface area contributed by atoms with Crippen LogP contribution in [0.1, 0.15) is 26.7 Å². The Morgan fingerprint density at radius 3 is 2.35 bits per heavy atom. The third-order valence-electron chi connectivity index (χ3n) is 3.13. The van der Waals surface area contributed by atoms with E-state index in [1.165, 1.54) is 0 Å². The van der Waals surface area contributed by atoms with Gasteiger partial charge < -0.3 is 19.7 Å². The zero-order chi connectivity index (χ0) is 13.3. The predicted octanol–water partition coefficient (Wildman–Crippen LogP) is 1.36. The average Bonchev–Trinajstić information content (AvgIpc) is 2.30. The summed E-state index contributed by atoms with van der Waals surface area (Å²) in [6.07, 6.45) is 2.56. The number of hydrogen-bond acceptors (Lipinski definition) is 4. The van der Waals surface area contributed by atoms with Crippen molar-refractivity contribution in [2.45, 2.75) is 44.9 Å². The molecule has 0 radical (unpaired) electrons. The van der Waals surface area contributed by atoms with Gasteiger partial charge in [0, 0.05) is 19.8 Å². The minimum atomic E-state index is 0.236. The Morgan fingerprint density at radius 1 is 1.24 bits per heavy atom. The number of rotatable bonds is 10. The summed E-state index contributed by atoms with van der Waals surface area (Å²) in [6, 6.07) is 0.402. The topological polar surface area (TPSA) is 33.7 Å². The summed E-state index contributed by atoms with van der Waals surface area (Å²) >= 11 is 0. The fourth-order valence-corrected chi connectivity index (χ4v) is 1.89. The van der Waals surface area contributed by atoms with Crippen molar-refractivity contribution in [3.8, 4) is 0 Å². The van der Waals surface area contributed by atoms with E-state index in [0.717, 1.165) is 26.0 Å². The first-order chi connectivity index (χ1) is 8.02. The molecule has 4 nitrogen and oxygen atoms in total. The molecule has 0 amide bonds. The van der Waals surface area contributed by atoms with Crippen molar-refractivity contribution in [1.82, 2.24) is 10.2 Å². The minimum Gasteiger partial charge on any atom is -0.382 e. The third-order valence-corrected chi connectivity index (χ3v) is 3.13. The molecule has 0 aliphatic carbocycles. The minimum absolute atomic E-state index is 0.236. The van der Waals surface area contributed by atoms with Crippen LogP contribution >= 0.6 is 0 Å². The molecule has 3 atom stereocenters. The van der Waals surface area contributed by atoms with Crippen LogP contribution in [0.5, 0.6) is 0 Å². The highest BCUT2D eigenvalue weighted by Crippen LogP contribution is 2.13. The third kappa shape index (κ3) is 7.71. The number of likely N-dealkylation sites (N-methyl/N-ethyl adjacent to an activating group) is 1. The summed E-state index contributed by atoms with van der Waals surface area (Å²) in [6.45, 7) is 6.07. The summed E-state index contributed by atoms with van der Waals surface area (Å²) in [5.41, 5.74) is 0. The summed E-state index contributed by atoms with van der Waals surface area (Å²) in [5, 5.41) is 3.12. The Morgan fingerprint density at radius 2 is 1.88 bits per heavy atom. The second-order valence-corrected chi connectivity index (χ2v) is 4.85. The first-order valence-electron chi connectivity index (χ1n) is 6.48. The first-order valence-corrected chi connectivity index (χ1v) is 6.48. The number of ether oxygens (including phenoxy) is 2. The van der Waals surface area contributed by atoms with E-state index in [0.29, 0.717) is 6.04 Å². The maximum Gasteiger partial charge on any atom is 0.0702 e. The van der Waals surface area contributed by atoms with Crippen LogP contribution in [-0.4, -0.2) is 64.6 Å². The quantitative estimate of drug-likeness (QED) is 0.590. The Kier molecular flexibility index (Phi) is 9.74. The van der Waals surface area contributed by atoms with E-state index in [2.05, 4.69) is 38.2 Å². The zero-order valence-corrected chi connectivity index (χ0v) is 12.3. The van der Waals surface area contributed by atoms with Gasteiger partial charge in [0.15, 0.2) is 0 Å². The van der Waals surface area contributed by atoms with Crippen LogP contribution in [0.2, 0.25) is 0 Å². The highest BCUT2D eigenvalue weighted by Gasteiger charge is 2.22. The van der Waals surface area contributed by atoms with Gasteiger partial charge in [0.05, 0.1) is 12.2 Å². The molecule has 0 fully saturated rings. The molecule has 0 aliphatic rings. The first kappa shape index (κ1) is 16.8. The van der Waals surface area contributed by atoms with E-state index in [4.69, 9.17) is 9.47 Å². The molecular weight excluding hydrogens is 216 g/mol. The Bertz CT molecular complexity index is 177. The van der Waals surface area contributed by atoms with E-state index in [9.17, 15) is 0 Å². The van der Waals surface area contributed by atoms with E-state index in [1.807, 2.05) is 7.05 Å². The molecule has 0 saturated heterocycles. The van der Waals surface area contributed by atoms with Gasteiger partial charge in [0.1, 0.15) is 0 Å². The van der Waals surface area contributed by atoms with Gasteiger partial charge in [-0.25, -0.2) is 0 Å². The van der Waals surface area contributed by atoms with Crippen molar-refractivity contribution in [3.05, 3.63) is 0 Å². The largest absolute Gasteiger partial charge is 0.382 e. The van der Waals surface area contributed by atoms with E-state index >= 15 is 0 Å². The zero-order valence-electron chi connectivity index (χ0n) is 12.3. The van der Waals surface area contributed by atoms with Crippen LogP contribution in [0.25, 0.3) is 0 Å². The van der Waals surface area contributed by atoms with Crippen LogP contribution in [0.4, 0.5) is 0 Å². The number of methoxy groups -OCH3 is 1. The van der Waals surface area contributed by atoms with Gasteiger partial charge in [0.2, 0.25) is 0 Å². The molecule has 0 aromatic heterocycles. The molecule has 104 valence electrons. The smallest absolute Gasteiger partial charge is 0.0702 e. The van der Waals surface area contributed by atoms with Gasteiger partial charge in [-0.05, 0) is 54.4 Å². The fraction of sp³-hybridized carbons (Fsp3) is 1.00. The van der Waals surface area contributed by atoms with Crippen molar-refractivity contribution >= 4 is 0 Å². The van der Waals surface area contributed by atoms with Crippen LogP contribution < -0.4 is 5.32 Å². The van der Waals surface area contributed by atoms with Gasteiger partial charge in [0.25, 0.3) is 0 Å². The van der Waals surface area contributed by atoms with Gasteiger partial charge in [-0.1, -0.05) is 0 Å². The molecule has 4 heteroatoms. The molecule has 0 saturated carbocycles. The lowest BCUT2D eigenvalue weighted by Crippen LogP contribution is -2.41. The van der Waals surface area contributed by atoms with E-state index < -0.39 is 0 Å². The number of nitrogens with one attached hydrogen (secondary N) is 1. The molecule has 0 aliphatic heterocycles. The fourth-order valence-electron chi connectivity index (χ4n) is 1.89. The van der Waals surface area contributed by atoms with Crippen molar-refractivity contribution in [3.63, 3.8) is 0 Å². The molecule has 2 unspecified atom stereocenters. The second kappa shape index (κ2) is 9.83. The lowest BCUT2D eigenvalue weighted by atomic mass is 10.0. The molecule has 0 aromatic rings. The van der Waals surface area contributed by atoms with Crippen LogP contribution in [-0.2, 0) is 9.47 Å². The van der Waals surface area contributed by atoms with Gasteiger partial charge in [-0.15, -0.1) is 0 Å². The molecule has 17 heavy (non-hydrogen) atoms. The monoisotopic (exact) mass is 246 g/mol. The van der Waals surface area contributed by atoms with Gasteiger partial charge in [-0.3, -0.25) is 0 Å². The maximum absolute atomic E-state index is 5.88. The van der Waals surface area contributed by atoms with Crippen LogP contribution in [0.3, 0.4) is 0 Å². The molecule has 1 N–H and O–H groups in total. The Balaban J connectivity index is 4.01. The second-order valence-electron chi connectivity index (χ2n) is 4.85. The molecule has 0 rings (SSSR count).